The normalized spacial score (nSPS) is 23.4. The van der Waals surface area contributed by atoms with E-state index in [1.807, 2.05) is 0 Å². The lowest BCUT2D eigenvalue weighted by molar-refractivity contribution is -0.0511. The molecule has 1 aliphatic rings. The van der Waals surface area contributed by atoms with Crippen molar-refractivity contribution in [3.63, 3.8) is 0 Å². The zero-order valence-corrected chi connectivity index (χ0v) is 16.7. The van der Waals surface area contributed by atoms with Crippen LogP contribution in [0.15, 0.2) is 24.5 Å². The van der Waals surface area contributed by atoms with Gasteiger partial charge in [0.25, 0.3) is 0 Å². The van der Waals surface area contributed by atoms with Crippen LogP contribution < -0.4 is 15.8 Å². The summed E-state index contributed by atoms with van der Waals surface area (Å²) in [5.74, 6) is 0.858. The molecule has 12 nitrogen and oxygen atoms in total. The van der Waals surface area contributed by atoms with Gasteiger partial charge in [-0.1, -0.05) is 6.07 Å². The fraction of sp³-hybridized carbons (Fsp3) is 0.421. The lowest BCUT2D eigenvalue weighted by atomic mass is 10.1. The Morgan fingerprint density at radius 2 is 2.06 bits per heavy atom. The van der Waals surface area contributed by atoms with E-state index in [1.165, 1.54) is 18.0 Å². The molecule has 166 valence electrons. The summed E-state index contributed by atoms with van der Waals surface area (Å²) < 4.78 is 12.1. The highest BCUT2D eigenvalue weighted by atomic mass is 16.6. The molecule has 0 bridgehead atoms. The number of aliphatic hydroxyl groups excluding tert-OH is 3. The van der Waals surface area contributed by atoms with E-state index in [0.717, 1.165) is 5.56 Å². The van der Waals surface area contributed by atoms with E-state index in [-0.39, 0.29) is 11.7 Å². The summed E-state index contributed by atoms with van der Waals surface area (Å²) in [4.78, 5) is 12.7. The predicted octanol–water partition coefficient (Wildman–Crippen LogP) is -0.611. The van der Waals surface area contributed by atoms with Crippen LogP contribution in [0.1, 0.15) is 11.8 Å². The van der Waals surface area contributed by atoms with Crippen LogP contribution in [0.3, 0.4) is 0 Å². The molecule has 2 aromatic heterocycles. The molecule has 1 fully saturated rings. The van der Waals surface area contributed by atoms with Gasteiger partial charge in [0.1, 0.15) is 18.3 Å². The smallest absolute Gasteiger partial charge is 0.224 e. The number of methoxy groups -OCH3 is 1. The number of aromatic hydroxyl groups is 1. The van der Waals surface area contributed by atoms with Gasteiger partial charge < -0.3 is 41.0 Å². The third-order valence-corrected chi connectivity index (χ3v) is 5.18. The van der Waals surface area contributed by atoms with Gasteiger partial charge in [-0.05, 0) is 24.1 Å². The number of nitrogens with one attached hydrogen (secondary N) is 1. The van der Waals surface area contributed by atoms with E-state index >= 15 is 0 Å². The van der Waals surface area contributed by atoms with E-state index in [0.29, 0.717) is 35.7 Å². The van der Waals surface area contributed by atoms with Crippen molar-refractivity contribution in [2.75, 3.05) is 31.3 Å². The molecule has 0 spiro atoms. The van der Waals surface area contributed by atoms with Crippen LogP contribution in [0.25, 0.3) is 11.2 Å². The van der Waals surface area contributed by atoms with E-state index in [9.17, 15) is 20.4 Å². The lowest BCUT2D eigenvalue weighted by Crippen LogP contribution is -2.33. The zero-order valence-electron chi connectivity index (χ0n) is 16.7. The first kappa shape index (κ1) is 21.1. The Balaban J connectivity index is 1.54. The number of nitrogens with zero attached hydrogens (tertiary/aromatic N) is 4. The molecule has 7 N–H and O–H groups in total. The number of aliphatic hydroxyl groups is 3. The second kappa shape index (κ2) is 8.51. The molecule has 0 unspecified atom stereocenters. The number of hydrogen-bond acceptors (Lipinski definition) is 11. The maximum atomic E-state index is 10.3. The van der Waals surface area contributed by atoms with Gasteiger partial charge in [0.05, 0.1) is 20.0 Å². The topological polar surface area (TPSA) is 181 Å². The zero-order chi connectivity index (χ0) is 22.1. The van der Waals surface area contributed by atoms with Crippen molar-refractivity contribution in [2.45, 2.75) is 31.0 Å². The fourth-order valence-corrected chi connectivity index (χ4v) is 3.56. The Kier molecular flexibility index (Phi) is 5.78. The first-order chi connectivity index (χ1) is 14.9. The van der Waals surface area contributed by atoms with Crippen molar-refractivity contribution < 1.29 is 29.9 Å². The average molecular weight is 432 g/mol. The Labute approximate surface area is 176 Å². The third-order valence-electron chi connectivity index (χ3n) is 5.18. The summed E-state index contributed by atoms with van der Waals surface area (Å²) in [6, 6.07) is 5.11. The lowest BCUT2D eigenvalue weighted by Gasteiger charge is -2.16. The SMILES string of the molecule is COc1cc(CCNc2nc(N)nc3c2ncn3[C@@H]2O[C@H](CO)[C@@H](O)[C@H]2O)ccc1O. The van der Waals surface area contributed by atoms with Crippen LogP contribution in [0, 0.1) is 0 Å². The number of rotatable bonds is 7. The standard InChI is InChI=1S/C19H24N6O6/c1-30-11-6-9(2-3-10(11)27)4-5-21-16-13-17(24-19(20)23-16)25(8-22-13)18-15(29)14(28)12(7-26)31-18/h2-3,6,8,12,14-15,18,26-29H,4-5,7H2,1H3,(H3,20,21,23,24)/t12-,14-,15-,18-/m1/s1. The van der Waals surface area contributed by atoms with E-state index < -0.39 is 31.1 Å². The van der Waals surface area contributed by atoms with Crippen LogP contribution in [0.2, 0.25) is 0 Å². The van der Waals surface area contributed by atoms with Crippen LogP contribution in [0.4, 0.5) is 11.8 Å². The third kappa shape index (κ3) is 3.93. The Morgan fingerprint density at radius 1 is 1.26 bits per heavy atom. The highest BCUT2D eigenvalue weighted by molar-refractivity contribution is 5.84. The number of ether oxygens (including phenoxy) is 2. The molecule has 0 amide bonds. The molecule has 0 radical (unpaired) electrons. The number of fused-ring (bicyclic) bond motifs is 1. The quantitative estimate of drug-likeness (QED) is 0.280. The minimum absolute atomic E-state index is 0.00482. The second-order valence-electron chi connectivity index (χ2n) is 7.17. The molecule has 3 aromatic rings. The summed E-state index contributed by atoms with van der Waals surface area (Å²) in [5, 5.41) is 42.5. The maximum absolute atomic E-state index is 10.3. The fourth-order valence-electron chi connectivity index (χ4n) is 3.56. The Bertz CT molecular complexity index is 1080. The van der Waals surface area contributed by atoms with Crippen molar-refractivity contribution in [3.8, 4) is 11.5 Å². The minimum atomic E-state index is -1.27. The van der Waals surface area contributed by atoms with E-state index in [1.54, 1.807) is 18.2 Å². The molecule has 31 heavy (non-hydrogen) atoms. The molecule has 4 atom stereocenters. The van der Waals surface area contributed by atoms with Crippen molar-refractivity contribution >= 4 is 22.9 Å². The van der Waals surface area contributed by atoms with E-state index in [2.05, 4.69) is 20.3 Å². The number of anilines is 2. The first-order valence-corrected chi connectivity index (χ1v) is 9.65. The molecule has 1 saturated heterocycles. The number of nitrogens with two attached hydrogens (primary N) is 1. The molecule has 4 rings (SSSR count). The highest BCUT2D eigenvalue weighted by Crippen LogP contribution is 2.32. The summed E-state index contributed by atoms with van der Waals surface area (Å²) in [5.41, 5.74) is 7.53. The molecule has 1 aromatic carbocycles. The molecule has 0 aliphatic carbocycles. The molecule has 12 heteroatoms. The number of imidazole rings is 1. The molecular formula is C19H24N6O6. The van der Waals surface area contributed by atoms with Crippen LogP contribution in [-0.2, 0) is 11.2 Å². The van der Waals surface area contributed by atoms with Crippen LogP contribution in [0.5, 0.6) is 11.5 Å². The average Bonchev–Trinajstić information content (AvgIpc) is 3.30. The monoisotopic (exact) mass is 432 g/mol. The number of hydrogen-bond donors (Lipinski definition) is 6. The molecule has 3 heterocycles. The van der Waals surface area contributed by atoms with Gasteiger partial charge in [-0.3, -0.25) is 4.57 Å². The Hall–Kier alpha value is -3.19. The van der Waals surface area contributed by atoms with Crippen molar-refractivity contribution in [1.29, 1.82) is 0 Å². The summed E-state index contributed by atoms with van der Waals surface area (Å²) in [7, 11) is 1.49. The largest absolute Gasteiger partial charge is 0.504 e. The van der Waals surface area contributed by atoms with Crippen LogP contribution >= 0.6 is 0 Å². The number of aromatic nitrogens is 4. The summed E-state index contributed by atoms with van der Waals surface area (Å²) in [6.07, 6.45) is -2.40. The van der Waals surface area contributed by atoms with Gasteiger partial charge in [0.2, 0.25) is 5.95 Å². The summed E-state index contributed by atoms with van der Waals surface area (Å²) >= 11 is 0. The van der Waals surface area contributed by atoms with Crippen LogP contribution in [-0.4, -0.2) is 78.5 Å². The first-order valence-electron chi connectivity index (χ1n) is 9.65. The van der Waals surface area contributed by atoms with Gasteiger partial charge >= 0.3 is 0 Å². The number of phenols is 1. The highest BCUT2D eigenvalue weighted by Gasteiger charge is 2.44. The predicted molar refractivity (Wildman–Crippen MR) is 110 cm³/mol. The number of benzene rings is 1. The van der Waals surface area contributed by atoms with E-state index in [4.69, 9.17) is 15.2 Å². The molecule has 1 aliphatic heterocycles. The van der Waals surface area contributed by atoms with Gasteiger partial charge in [-0.2, -0.15) is 9.97 Å². The van der Waals surface area contributed by atoms with Gasteiger partial charge in [0, 0.05) is 6.54 Å². The number of phenolic OH excluding ortho intramolecular Hbond substituents is 1. The Morgan fingerprint density at radius 3 is 2.77 bits per heavy atom. The van der Waals surface area contributed by atoms with Crippen molar-refractivity contribution in [3.05, 3.63) is 30.1 Å². The van der Waals surface area contributed by atoms with Crippen molar-refractivity contribution in [1.82, 2.24) is 19.5 Å². The van der Waals surface area contributed by atoms with Gasteiger partial charge in [-0.25, -0.2) is 4.98 Å². The number of nitrogen functional groups attached to an aromatic ring is 1. The molecule has 0 saturated carbocycles. The molecular weight excluding hydrogens is 408 g/mol. The van der Waals surface area contributed by atoms with Gasteiger partial charge in [0.15, 0.2) is 34.7 Å². The second-order valence-corrected chi connectivity index (χ2v) is 7.17. The summed E-state index contributed by atoms with van der Waals surface area (Å²) in [6.45, 7) is 0.0491. The maximum Gasteiger partial charge on any atom is 0.224 e. The minimum Gasteiger partial charge on any atom is -0.504 e. The van der Waals surface area contributed by atoms with Crippen molar-refractivity contribution in [2.24, 2.45) is 0 Å². The van der Waals surface area contributed by atoms with Gasteiger partial charge in [-0.15, -0.1) is 0 Å².